The molecule has 0 aromatic rings. The van der Waals surface area contributed by atoms with Gasteiger partial charge in [-0.25, -0.2) is 0 Å². The van der Waals surface area contributed by atoms with Gasteiger partial charge in [0.25, 0.3) is 0 Å². The van der Waals surface area contributed by atoms with Gasteiger partial charge in [0.2, 0.25) is 5.24 Å². The van der Waals surface area contributed by atoms with Crippen LogP contribution in [-0.2, 0) is 4.79 Å². The van der Waals surface area contributed by atoms with Gasteiger partial charge in [0, 0.05) is 0 Å². The molecule has 5 heteroatoms. The molecule has 8 heavy (non-hydrogen) atoms. The van der Waals surface area contributed by atoms with Crippen LogP contribution in [0, 0.1) is 0 Å². The maximum absolute atomic E-state index is 9.45. The van der Waals surface area contributed by atoms with Crippen LogP contribution < -0.4 is 0 Å². The Hall–Kier alpha value is 0.830. The molecule has 0 aliphatic rings. The summed E-state index contributed by atoms with van der Waals surface area (Å²) >= 11 is 19.1. The zero-order valence-electron chi connectivity index (χ0n) is 3.83. The summed E-state index contributed by atoms with van der Waals surface area (Å²) in [5, 5.41) is -0.313. The molecule has 0 saturated heterocycles. The maximum Gasteiger partial charge on any atom is 0.236 e. The molecule has 1 nitrogen and oxygen atoms in total. The van der Waals surface area contributed by atoms with Crippen LogP contribution in [0.5, 0.6) is 0 Å². The van der Waals surface area contributed by atoms with E-state index in [4.69, 9.17) is 46.4 Å². The summed E-state index contributed by atoms with van der Waals surface area (Å²) in [6.45, 7) is 0. The number of carbonyl (C=O) groups is 1. The van der Waals surface area contributed by atoms with E-state index in [1.165, 1.54) is 0 Å². The first kappa shape index (κ1) is 11.6. The van der Waals surface area contributed by atoms with Gasteiger partial charge >= 0.3 is 0 Å². The fourth-order valence-electron chi connectivity index (χ4n) is 0. The fraction of sp³-hybridized carbons (Fsp3) is 0.667. The minimum Gasteiger partial charge on any atom is -0.280 e. The second-order valence-electron chi connectivity index (χ2n) is 0.590. The van der Waals surface area contributed by atoms with Crippen LogP contribution in [-0.4, -0.2) is 16.5 Å². The van der Waals surface area contributed by atoms with Gasteiger partial charge in [-0.15, -0.1) is 34.8 Å². The SMILES string of the molecule is ClCCl.O=C(Cl)CCl. The Labute approximate surface area is 67.8 Å². The van der Waals surface area contributed by atoms with E-state index in [0.29, 0.717) is 0 Å². The molecule has 0 unspecified atom stereocenters. The molecule has 0 aliphatic heterocycles. The van der Waals surface area contributed by atoms with E-state index >= 15 is 0 Å². The summed E-state index contributed by atoms with van der Waals surface area (Å²) in [4.78, 5) is 9.45. The molecule has 0 aliphatic carbocycles. The van der Waals surface area contributed by atoms with E-state index in [2.05, 4.69) is 0 Å². The van der Waals surface area contributed by atoms with Crippen LogP contribution >= 0.6 is 46.4 Å². The molecule has 0 bridgehead atoms. The van der Waals surface area contributed by atoms with Crippen molar-refractivity contribution in [3.63, 3.8) is 0 Å². The van der Waals surface area contributed by atoms with Crippen molar-refractivity contribution >= 4 is 51.6 Å². The standard InChI is InChI=1S/C2H2Cl2O.CH2Cl2/c3-1-2(4)5;2-1-3/h1H2;1H2. The number of halogens is 4. The molecule has 0 rings (SSSR count). The number of carbonyl (C=O) groups excluding carboxylic acids is 1. The van der Waals surface area contributed by atoms with E-state index < -0.39 is 5.24 Å². The average molecular weight is 198 g/mol. The zero-order valence-corrected chi connectivity index (χ0v) is 6.86. The van der Waals surface area contributed by atoms with Crippen molar-refractivity contribution < 1.29 is 4.79 Å². The first-order valence-corrected chi connectivity index (χ1v) is 3.53. The third-order valence-corrected chi connectivity index (χ3v) is 0.618. The van der Waals surface area contributed by atoms with Crippen molar-refractivity contribution in [3.05, 3.63) is 0 Å². The highest BCUT2D eigenvalue weighted by Gasteiger charge is 1.83. The third kappa shape index (κ3) is 29.0. The van der Waals surface area contributed by atoms with Crippen molar-refractivity contribution in [2.24, 2.45) is 0 Å². The van der Waals surface area contributed by atoms with E-state index in [1.54, 1.807) is 0 Å². The van der Waals surface area contributed by atoms with Crippen LogP contribution in [0.25, 0.3) is 0 Å². The van der Waals surface area contributed by atoms with Gasteiger partial charge in [0.1, 0.15) is 0 Å². The first-order chi connectivity index (χ1) is 3.68. The molecule has 0 fully saturated rings. The molecule has 0 aromatic carbocycles. The summed E-state index contributed by atoms with van der Waals surface area (Å²) in [6.07, 6.45) is 0. The Bertz CT molecular complexity index is 55.2. The van der Waals surface area contributed by atoms with E-state index in [0.717, 1.165) is 0 Å². The highest BCUT2D eigenvalue weighted by atomic mass is 35.5. The molecule has 0 spiro atoms. The Kier molecular flexibility index (Phi) is 15.6. The van der Waals surface area contributed by atoms with Crippen LogP contribution in [0.1, 0.15) is 0 Å². The number of rotatable bonds is 1. The Balaban J connectivity index is 0. The molecule has 0 radical (unpaired) electrons. The monoisotopic (exact) mass is 196 g/mol. The summed E-state index contributed by atoms with van der Waals surface area (Å²) in [7, 11) is 0. The summed E-state index contributed by atoms with van der Waals surface area (Å²) < 4.78 is 0. The normalized spacial score (nSPS) is 7.00. The van der Waals surface area contributed by atoms with Crippen LogP contribution in [0.15, 0.2) is 0 Å². The fourth-order valence-corrected chi connectivity index (χ4v) is 0. The average Bonchev–Trinajstić information content (AvgIpc) is 1.69. The lowest BCUT2D eigenvalue weighted by atomic mass is 10.9. The highest BCUT2D eigenvalue weighted by Crippen LogP contribution is 1.80. The third-order valence-electron chi connectivity index (χ3n) is 0.105. The lowest BCUT2D eigenvalue weighted by Crippen LogP contribution is -1.81. The molecular formula is C3H4Cl4O. The van der Waals surface area contributed by atoms with Gasteiger partial charge in [-0.05, 0) is 11.6 Å². The van der Waals surface area contributed by atoms with Crippen molar-refractivity contribution in [2.75, 3.05) is 11.2 Å². The maximum atomic E-state index is 9.45. The lowest BCUT2D eigenvalue weighted by Gasteiger charge is -1.65. The predicted octanol–water partition coefficient (Wildman–Crippen LogP) is 2.41. The summed E-state index contributed by atoms with van der Waals surface area (Å²) in [6, 6.07) is 0. The molecule has 0 N–H and O–H groups in total. The van der Waals surface area contributed by atoms with E-state index in [-0.39, 0.29) is 11.2 Å². The topological polar surface area (TPSA) is 17.1 Å². The second-order valence-corrected chi connectivity index (χ2v) is 2.09. The largest absolute Gasteiger partial charge is 0.280 e. The lowest BCUT2D eigenvalue weighted by molar-refractivity contribution is -0.109. The van der Waals surface area contributed by atoms with Gasteiger partial charge in [0.05, 0.1) is 11.2 Å². The number of alkyl halides is 3. The smallest absolute Gasteiger partial charge is 0.236 e. The van der Waals surface area contributed by atoms with Gasteiger partial charge in [-0.1, -0.05) is 0 Å². The Morgan fingerprint density at radius 2 is 1.38 bits per heavy atom. The minimum atomic E-state index is -0.508. The zero-order chi connectivity index (χ0) is 6.99. The van der Waals surface area contributed by atoms with Gasteiger partial charge < -0.3 is 0 Å². The van der Waals surface area contributed by atoms with E-state index in [1.807, 2.05) is 0 Å². The summed E-state index contributed by atoms with van der Waals surface area (Å²) in [5.41, 5.74) is 0. The van der Waals surface area contributed by atoms with Gasteiger partial charge in [-0.3, -0.25) is 4.79 Å². The molecule has 0 saturated carbocycles. The summed E-state index contributed by atoms with van der Waals surface area (Å²) in [5.74, 6) is -0.0957. The van der Waals surface area contributed by atoms with Crippen LogP contribution in [0.2, 0.25) is 0 Å². The van der Waals surface area contributed by atoms with Gasteiger partial charge in [-0.2, -0.15) is 0 Å². The molecule has 0 atom stereocenters. The van der Waals surface area contributed by atoms with Crippen LogP contribution in [0.3, 0.4) is 0 Å². The predicted molar refractivity (Wildman–Crippen MR) is 38.2 cm³/mol. The molecule has 0 amide bonds. The number of hydrogen-bond donors (Lipinski definition) is 0. The van der Waals surface area contributed by atoms with Crippen molar-refractivity contribution in [1.82, 2.24) is 0 Å². The molecule has 0 heterocycles. The van der Waals surface area contributed by atoms with Gasteiger partial charge in [0.15, 0.2) is 0 Å². The molecular weight excluding hydrogens is 194 g/mol. The molecule has 50 valence electrons. The van der Waals surface area contributed by atoms with Crippen molar-refractivity contribution in [2.45, 2.75) is 0 Å². The molecule has 0 aromatic heterocycles. The first-order valence-electron chi connectivity index (χ1n) is 1.55. The second kappa shape index (κ2) is 10.7. The quantitative estimate of drug-likeness (QED) is 0.466. The number of hydrogen-bond acceptors (Lipinski definition) is 1. The Morgan fingerprint density at radius 3 is 1.38 bits per heavy atom. The van der Waals surface area contributed by atoms with Crippen molar-refractivity contribution in [1.29, 1.82) is 0 Å². The van der Waals surface area contributed by atoms with Crippen molar-refractivity contribution in [3.8, 4) is 0 Å². The minimum absolute atomic E-state index is 0.0957. The Morgan fingerprint density at radius 1 is 1.25 bits per heavy atom. The van der Waals surface area contributed by atoms with E-state index in [9.17, 15) is 4.79 Å². The van der Waals surface area contributed by atoms with Crippen LogP contribution in [0.4, 0.5) is 0 Å². The highest BCUT2D eigenvalue weighted by molar-refractivity contribution is 6.67.